The molecule has 8 heteroatoms. The van der Waals surface area contributed by atoms with Crippen LogP contribution in [-0.4, -0.2) is 40.6 Å². The number of fused-ring (bicyclic) bond motifs is 1. The van der Waals surface area contributed by atoms with Crippen molar-refractivity contribution in [1.29, 1.82) is 0 Å². The molecule has 0 atom stereocenters. The third-order valence-corrected chi connectivity index (χ3v) is 5.27. The van der Waals surface area contributed by atoms with Crippen molar-refractivity contribution < 1.29 is 14.3 Å². The molecular formula is C20H26N4O3S. The van der Waals surface area contributed by atoms with Crippen LogP contribution in [0.4, 0.5) is 15.6 Å². The van der Waals surface area contributed by atoms with Gasteiger partial charge in [-0.3, -0.25) is 20.3 Å². The molecule has 28 heavy (non-hydrogen) atoms. The van der Waals surface area contributed by atoms with Crippen LogP contribution in [0, 0.1) is 0 Å². The second kappa shape index (κ2) is 8.28. The van der Waals surface area contributed by atoms with Gasteiger partial charge in [-0.05, 0) is 51.6 Å². The maximum Gasteiger partial charge on any atom is 0.412 e. The number of benzene rings is 1. The Bertz CT molecular complexity index is 855. The molecule has 3 rings (SSSR count). The number of hydrogen-bond acceptors (Lipinski definition) is 6. The zero-order chi connectivity index (χ0) is 20.3. The average molecular weight is 403 g/mol. The number of thiazole rings is 1. The number of aromatic nitrogens is 1. The van der Waals surface area contributed by atoms with E-state index in [1.54, 1.807) is 45.0 Å². The molecule has 0 saturated carbocycles. The molecule has 1 aromatic heterocycles. The molecule has 7 nitrogen and oxygen atoms in total. The zero-order valence-electron chi connectivity index (χ0n) is 16.7. The number of nitrogens with zero attached hydrogens (tertiary/aromatic N) is 2. The third-order valence-electron chi connectivity index (χ3n) is 4.27. The van der Waals surface area contributed by atoms with E-state index in [4.69, 9.17) is 4.74 Å². The summed E-state index contributed by atoms with van der Waals surface area (Å²) in [6, 6.07) is 6.67. The monoisotopic (exact) mass is 402 g/mol. The van der Waals surface area contributed by atoms with E-state index in [2.05, 4.69) is 27.4 Å². The van der Waals surface area contributed by atoms with Crippen LogP contribution in [0.15, 0.2) is 24.3 Å². The van der Waals surface area contributed by atoms with E-state index in [1.165, 1.54) is 16.2 Å². The Labute approximate surface area is 169 Å². The average Bonchev–Trinajstić information content (AvgIpc) is 3.01. The molecule has 0 spiro atoms. The van der Waals surface area contributed by atoms with E-state index in [-0.39, 0.29) is 5.91 Å². The van der Waals surface area contributed by atoms with E-state index >= 15 is 0 Å². The number of hydrogen-bond donors (Lipinski definition) is 2. The summed E-state index contributed by atoms with van der Waals surface area (Å²) >= 11 is 1.54. The van der Waals surface area contributed by atoms with Crippen molar-refractivity contribution in [3.8, 4) is 0 Å². The van der Waals surface area contributed by atoms with Gasteiger partial charge in [0, 0.05) is 35.6 Å². The van der Waals surface area contributed by atoms with Gasteiger partial charge in [0.05, 0.1) is 5.69 Å². The van der Waals surface area contributed by atoms with E-state index < -0.39 is 11.7 Å². The first-order chi connectivity index (χ1) is 13.2. The molecule has 2 amide bonds. The van der Waals surface area contributed by atoms with Crippen molar-refractivity contribution >= 4 is 34.2 Å². The lowest BCUT2D eigenvalue weighted by molar-refractivity contribution is 0.0636. The fourth-order valence-electron chi connectivity index (χ4n) is 2.87. The highest BCUT2D eigenvalue weighted by molar-refractivity contribution is 7.15. The lowest BCUT2D eigenvalue weighted by Gasteiger charge is -2.23. The number of anilines is 2. The van der Waals surface area contributed by atoms with E-state index in [0.29, 0.717) is 16.4 Å². The molecule has 1 aromatic carbocycles. The van der Waals surface area contributed by atoms with E-state index in [9.17, 15) is 9.59 Å². The predicted molar refractivity (Wildman–Crippen MR) is 111 cm³/mol. The summed E-state index contributed by atoms with van der Waals surface area (Å²) in [6.07, 6.45) is 0.389. The molecule has 1 aliphatic rings. The number of nitrogens with one attached hydrogen (secondary N) is 2. The van der Waals surface area contributed by atoms with Gasteiger partial charge in [0.2, 0.25) is 0 Å². The van der Waals surface area contributed by atoms with Crippen LogP contribution in [0.25, 0.3) is 0 Å². The molecular weight excluding hydrogens is 376 g/mol. The van der Waals surface area contributed by atoms with Gasteiger partial charge in [-0.1, -0.05) is 6.92 Å². The summed E-state index contributed by atoms with van der Waals surface area (Å²) in [5.41, 5.74) is 1.58. The van der Waals surface area contributed by atoms with Gasteiger partial charge < -0.3 is 4.74 Å². The SMILES string of the molecule is CCN1CCc2nc(NC(=O)c3ccc(NC(=O)OC(C)(C)C)cc3)sc2C1. The number of ether oxygens (including phenoxy) is 1. The minimum atomic E-state index is -0.565. The Hall–Kier alpha value is -2.45. The lowest BCUT2D eigenvalue weighted by atomic mass is 10.2. The minimum Gasteiger partial charge on any atom is -0.444 e. The highest BCUT2D eigenvalue weighted by Gasteiger charge is 2.21. The molecule has 150 valence electrons. The molecule has 1 aliphatic heterocycles. The number of rotatable bonds is 4. The predicted octanol–water partition coefficient (Wildman–Crippen LogP) is 4.12. The first-order valence-electron chi connectivity index (χ1n) is 9.36. The highest BCUT2D eigenvalue weighted by Crippen LogP contribution is 2.28. The molecule has 0 aliphatic carbocycles. The molecule has 0 saturated heterocycles. The van der Waals surface area contributed by atoms with Crippen molar-refractivity contribution in [2.75, 3.05) is 23.7 Å². The summed E-state index contributed by atoms with van der Waals surface area (Å²) in [4.78, 5) is 32.5. The maximum absolute atomic E-state index is 12.5. The summed E-state index contributed by atoms with van der Waals surface area (Å²) in [5.74, 6) is -0.220. The van der Waals surface area contributed by atoms with Crippen LogP contribution in [0.3, 0.4) is 0 Å². The zero-order valence-corrected chi connectivity index (χ0v) is 17.5. The number of amides is 2. The van der Waals surface area contributed by atoms with Crippen molar-refractivity contribution in [1.82, 2.24) is 9.88 Å². The summed E-state index contributed by atoms with van der Waals surface area (Å²) in [7, 11) is 0. The topological polar surface area (TPSA) is 83.6 Å². The smallest absolute Gasteiger partial charge is 0.412 e. The molecule has 0 unspecified atom stereocenters. The Balaban J connectivity index is 1.59. The molecule has 2 N–H and O–H groups in total. The number of carbonyl (C=O) groups excluding carboxylic acids is 2. The largest absolute Gasteiger partial charge is 0.444 e. The third kappa shape index (κ3) is 5.30. The Morgan fingerprint density at radius 2 is 1.93 bits per heavy atom. The van der Waals surface area contributed by atoms with Crippen molar-refractivity contribution in [2.24, 2.45) is 0 Å². The summed E-state index contributed by atoms with van der Waals surface area (Å²) < 4.78 is 5.21. The second-order valence-corrected chi connectivity index (χ2v) is 8.75. The Kier molecular flexibility index (Phi) is 6.00. The normalized spacial score (nSPS) is 14.3. The van der Waals surface area contributed by atoms with Crippen LogP contribution in [0.5, 0.6) is 0 Å². The molecule has 0 fully saturated rings. The van der Waals surface area contributed by atoms with Crippen LogP contribution < -0.4 is 10.6 Å². The highest BCUT2D eigenvalue weighted by atomic mass is 32.1. The van der Waals surface area contributed by atoms with E-state index in [1.807, 2.05) is 0 Å². The van der Waals surface area contributed by atoms with Gasteiger partial charge >= 0.3 is 6.09 Å². The Morgan fingerprint density at radius 3 is 2.57 bits per heavy atom. The van der Waals surface area contributed by atoms with E-state index in [0.717, 1.165) is 31.7 Å². The first-order valence-corrected chi connectivity index (χ1v) is 10.2. The van der Waals surface area contributed by atoms with Crippen LogP contribution in [-0.2, 0) is 17.7 Å². The molecule has 2 heterocycles. The van der Waals surface area contributed by atoms with Crippen molar-refractivity contribution in [3.63, 3.8) is 0 Å². The molecule has 0 radical (unpaired) electrons. The second-order valence-electron chi connectivity index (χ2n) is 7.67. The summed E-state index contributed by atoms with van der Waals surface area (Å²) in [5, 5.41) is 6.16. The maximum atomic E-state index is 12.5. The summed E-state index contributed by atoms with van der Waals surface area (Å²) in [6.45, 7) is 10.5. The van der Waals surface area contributed by atoms with Crippen LogP contribution >= 0.6 is 11.3 Å². The molecule has 0 bridgehead atoms. The first kappa shape index (κ1) is 20.3. The lowest BCUT2D eigenvalue weighted by Crippen LogP contribution is -2.29. The Morgan fingerprint density at radius 1 is 1.21 bits per heavy atom. The van der Waals surface area contributed by atoms with Crippen molar-refractivity contribution in [2.45, 2.75) is 46.3 Å². The van der Waals surface area contributed by atoms with Gasteiger partial charge in [-0.2, -0.15) is 0 Å². The standard InChI is InChI=1S/C20H26N4O3S/c1-5-24-11-10-15-16(12-24)28-18(22-15)23-17(25)13-6-8-14(9-7-13)21-19(26)27-20(2,3)4/h6-9H,5,10-12H2,1-4H3,(H,21,26)(H,22,23,25). The van der Waals surface area contributed by atoms with Gasteiger partial charge in [0.25, 0.3) is 5.91 Å². The van der Waals surface area contributed by atoms with Gasteiger partial charge in [-0.15, -0.1) is 11.3 Å². The minimum absolute atomic E-state index is 0.220. The van der Waals surface area contributed by atoms with Gasteiger partial charge in [-0.25, -0.2) is 9.78 Å². The fourth-order valence-corrected chi connectivity index (χ4v) is 3.91. The molecule has 2 aromatic rings. The quantitative estimate of drug-likeness (QED) is 0.804. The van der Waals surface area contributed by atoms with Crippen LogP contribution in [0.2, 0.25) is 0 Å². The van der Waals surface area contributed by atoms with Crippen LogP contribution in [0.1, 0.15) is 48.6 Å². The van der Waals surface area contributed by atoms with Crippen molar-refractivity contribution in [3.05, 3.63) is 40.4 Å². The van der Waals surface area contributed by atoms with Gasteiger partial charge in [0.15, 0.2) is 5.13 Å². The number of likely N-dealkylation sites (N-methyl/N-ethyl adjacent to an activating group) is 1. The number of carbonyl (C=O) groups is 2. The van der Waals surface area contributed by atoms with Gasteiger partial charge in [0.1, 0.15) is 5.60 Å². The fraction of sp³-hybridized carbons (Fsp3) is 0.450.